The molecule has 2 aromatic carbocycles. The lowest BCUT2D eigenvalue weighted by atomic mass is 10.0. The third kappa shape index (κ3) is 2.83. The fourth-order valence-corrected chi connectivity index (χ4v) is 1.65. The van der Waals surface area contributed by atoms with Crippen LogP contribution < -0.4 is 0 Å². The number of halogens is 1. The quantitative estimate of drug-likeness (QED) is 0.661. The van der Waals surface area contributed by atoms with Gasteiger partial charge < -0.3 is 5.11 Å². The lowest BCUT2D eigenvalue weighted by Crippen LogP contribution is -1.99. The van der Waals surface area contributed by atoms with Gasteiger partial charge >= 0.3 is 5.97 Å². The number of benzene rings is 2. The van der Waals surface area contributed by atoms with Gasteiger partial charge in [0.1, 0.15) is 5.82 Å². The maximum Gasteiger partial charge on any atom is 0.336 e. The fourth-order valence-electron chi connectivity index (χ4n) is 1.65. The molecular weight excluding hydrogens is 231 g/mol. The summed E-state index contributed by atoms with van der Waals surface area (Å²) in [6.07, 6.45) is 1.46. The fraction of sp³-hybridized carbons (Fsp3) is 0. The molecule has 2 rings (SSSR count). The maximum atomic E-state index is 13.0. The van der Waals surface area contributed by atoms with E-state index in [1.165, 1.54) is 18.2 Å². The lowest BCUT2D eigenvalue weighted by Gasteiger charge is -2.03. The van der Waals surface area contributed by atoms with Crippen LogP contribution in [-0.2, 0) is 4.79 Å². The van der Waals surface area contributed by atoms with Crippen LogP contribution in [0.1, 0.15) is 11.1 Å². The number of carbonyl (C=O) groups is 1. The highest BCUT2D eigenvalue weighted by Gasteiger charge is 2.09. The first-order valence-electron chi connectivity index (χ1n) is 5.43. The first-order valence-corrected chi connectivity index (χ1v) is 5.43. The van der Waals surface area contributed by atoms with Crippen molar-refractivity contribution in [2.24, 2.45) is 0 Å². The Morgan fingerprint density at radius 3 is 2.39 bits per heavy atom. The summed E-state index contributed by atoms with van der Waals surface area (Å²) in [5.41, 5.74) is 1.26. The highest BCUT2D eigenvalue weighted by atomic mass is 19.1. The number of carboxylic acid groups (broad SMARTS) is 1. The van der Waals surface area contributed by atoms with E-state index >= 15 is 0 Å². The highest BCUT2D eigenvalue weighted by Crippen LogP contribution is 2.18. The number of rotatable bonds is 3. The van der Waals surface area contributed by atoms with Crippen LogP contribution in [0.3, 0.4) is 0 Å². The molecule has 18 heavy (non-hydrogen) atoms. The molecule has 0 atom stereocenters. The third-order valence-corrected chi connectivity index (χ3v) is 2.47. The summed E-state index contributed by atoms with van der Waals surface area (Å²) in [6, 6.07) is 14.6. The van der Waals surface area contributed by atoms with Crippen molar-refractivity contribution in [2.75, 3.05) is 0 Å². The minimum absolute atomic E-state index is 0.140. The molecule has 90 valence electrons. The Labute approximate surface area is 104 Å². The second-order valence-corrected chi connectivity index (χ2v) is 3.78. The predicted octanol–water partition coefficient (Wildman–Crippen LogP) is 3.45. The molecular formula is C15H11FO2. The van der Waals surface area contributed by atoms with E-state index < -0.39 is 5.97 Å². The Hall–Kier alpha value is -2.42. The van der Waals surface area contributed by atoms with E-state index in [1.54, 1.807) is 36.4 Å². The molecule has 0 unspecified atom stereocenters. The summed E-state index contributed by atoms with van der Waals surface area (Å²) < 4.78 is 13.0. The summed E-state index contributed by atoms with van der Waals surface area (Å²) in [4.78, 5) is 11.2. The van der Waals surface area contributed by atoms with Crippen LogP contribution in [0.15, 0.2) is 54.6 Å². The lowest BCUT2D eigenvalue weighted by molar-refractivity contribution is -0.130. The van der Waals surface area contributed by atoms with E-state index in [2.05, 4.69) is 0 Å². The van der Waals surface area contributed by atoms with Gasteiger partial charge in [0.05, 0.1) is 5.57 Å². The van der Waals surface area contributed by atoms with Gasteiger partial charge in [0.2, 0.25) is 0 Å². The van der Waals surface area contributed by atoms with Crippen molar-refractivity contribution < 1.29 is 14.3 Å². The van der Waals surface area contributed by atoms with Crippen molar-refractivity contribution in [3.05, 3.63) is 71.5 Å². The summed E-state index contributed by atoms with van der Waals surface area (Å²) in [5, 5.41) is 9.20. The Kier molecular flexibility index (Phi) is 3.53. The van der Waals surface area contributed by atoms with E-state index in [4.69, 9.17) is 0 Å². The summed E-state index contributed by atoms with van der Waals surface area (Å²) >= 11 is 0. The molecule has 0 bridgehead atoms. The number of aliphatic carboxylic acids is 1. The molecule has 0 radical (unpaired) electrons. The molecule has 1 N–H and O–H groups in total. The minimum Gasteiger partial charge on any atom is -0.478 e. The maximum absolute atomic E-state index is 13.0. The second-order valence-electron chi connectivity index (χ2n) is 3.78. The summed E-state index contributed by atoms with van der Waals surface area (Å²) in [6.45, 7) is 0. The predicted molar refractivity (Wildman–Crippen MR) is 68.3 cm³/mol. The van der Waals surface area contributed by atoms with Gasteiger partial charge in [0, 0.05) is 0 Å². The van der Waals surface area contributed by atoms with Gasteiger partial charge in [-0.1, -0.05) is 42.5 Å². The molecule has 3 heteroatoms. The first kappa shape index (κ1) is 12.0. The Morgan fingerprint density at radius 1 is 1.06 bits per heavy atom. The minimum atomic E-state index is -1.04. The molecule has 2 aromatic rings. The van der Waals surface area contributed by atoms with Gasteiger partial charge in [-0.2, -0.15) is 0 Å². The van der Waals surface area contributed by atoms with Gasteiger partial charge in [-0.05, 0) is 29.3 Å². The van der Waals surface area contributed by atoms with Gasteiger partial charge in [0.25, 0.3) is 0 Å². The molecule has 0 aliphatic heterocycles. The molecule has 0 spiro atoms. The van der Waals surface area contributed by atoms with Crippen molar-refractivity contribution in [1.29, 1.82) is 0 Å². The third-order valence-electron chi connectivity index (χ3n) is 2.47. The second kappa shape index (κ2) is 5.27. The van der Waals surface area contributed by atoms with Crippen LogP contribution in [0.2, 0.25) is 0 Å². The van der Waals surface area contributed by atoms with Crippen LogP contribution >= 0.6 is 0 Å². The van der Waals surface area contributed by atoms with Crippen LogP contribution in [0.5, 0.6) is 0 Å². The zero-order valence-corrected chi connectivity index (χ0v) is 9.51. The topological polar surface area (TPSA) is 37.3 Å². The number of hydrogen-bond donors (Lipinski definition) is 1. The van der Waals surface area contributed by atoms with Crippen molar-refractivity contribution >= 4 is 17.6 Å². The van der Waals surface area contributed by atoms with Crippen molar-refractivity contribution in [2.45, 2.75) is 0 Å². The van der Waals surface area contributed by atoms with E-state index in [-0.39, 0.29) is 11.4 Å². The SMILES string of the molecule is O=C(O)/C(=C/c1cccc(F)c1)c1ccccc1. The molecule has 0 aliphatic carbocycles. The Balaban J connectivity index is 2.46. The first-order chi connectivity index (χ1) is 8.66. The van der Waals surface area contributed by atoms with Gasteiger partial charge in [-0.15, -0.1) is 0 Å². The Bertz CT molecular complexity index is 588. The van der Waals surface area contributed by atoms with Crippen molar-refractivity contribution in [3.63, 3.8) is 0 Å². The van der Waals surface area contributed by atoms with E-state index in [1.807, 2.05) is 6.07 Å². The van der Waals surface area contributed by atoms with Crippen LogP contribution in [0.25, 0.3) is 11.6 Å². The number of carboxylic acids is 1. The van der Waals surface area contributed by atoms with Gasteiger partial charge in [0.15, 0.2) is 0 Å². The summed E-state index contributed by atoms with van der Waals surface area (Å²) in [5.74, 6) is -1.42. The molecule has 0 saturated heterocycles. The highest BCUT2D eigenvalue weighted by molar-refractivity contribution is 6.20. The molecule has 0 heterocycles. The van der Waals surface area contributed by atoms with Crippen LogP contribution in [-0.4, -0.2) is 11.1 Å². The van der Waals surface area contributed by atoms with Crippen molar-refractivity contribution in [1.82, 2.24) is 0 Å². The molecule has 0 amide bonds. The zero-order chi connectivity index (χ0) is 13.0. The van der Waals surface area contributed by atoms with E-state index in [9.17, 15) is 14.3 Å². The monoisotopic (exact) mass is 242 g/mol. The van der Waals surface area contributed by atoms with Crippen LogP contribution in [0, 0.1) is 5.82 Å². The average Bonchev–Trinajstić information content (AvgIpc) is 2.37. The standard InChI is InChI=1S/C15H11FO2/c16-13-8-4-5-11(9-13)10-14(15(17)18)12-6-2-1-3-7-12/h1-10H,(H,17,18)/b14-10+. The van der Waals surface area contributed by atoms with Crippen molar-refractivity contribution in [3.8, 4) is 0 Å². The Morgan fingerprint density at radius 2 is 1.78 bits per heavy atom. The zero-order valence-electron chi connectivity index (χ0n) is 9.51. The molecule has 2 nitrogen and oxygen atoms in total. The molecule has 0 fully saturated rings. The van der Waals surface area contributed by atoms with Gasteiger partial charge in [-0.3, -0.25) is 0 Å². The average molecular weight is 242 g/mol. The number of hydrogen-bond acceptors (Lipinski definition) is 1. The summed E-state index contributed by atoms with van der Waals surface area (Å²) in [7, 11) is 0. The normalized spacial score (nSPS) is 11.3. The van der Waals surface area contributed by atoms with Crippen LogP contribution in [0.4, 0.5) is 4.39 Å². The molecule has 0 aromatic heterocycles. The van der Waals surface area contributed by atoms with E-state index in [0.717, 1.165) is 0 Å². The molecule has 0 saturated carbocycles. The smallest absolute Gasteiger partial charge is 0.336 e. The molecule has 0 aliphatic rings. The largest absolute Gasteiger partial charge is 0.478 e. The van der Waals surface area contributed by atoms with Gasteiger partial charge in [-0.25, -0.2) is 9.18 Å². The van der Waals surface area contributed by atoms with E-state index in [0.29, 0.717) is 11.1 Å².